The van der Waals surface area contributed by atoms with E-state index in [0.29, 0.717) is 28.9 Å². The number of anilines is 1. The summed E-state index contributed by atoms with van der Waals surface area (Å²) in [6.07, 6.45) is 3.73. The van der Waals surface area contributed by atoms with Crippen LogP contribution in [0.25, 0.3) is 5.82 Å². The lowest BCUT2D eigenvalue weighted by Gasteiger charge is -2.11. The van der Waals surface area contributed by atoms with Crippen LogP contribution in [0.3, 0.4) is 0 Å². The first-order valence-electron chi connectivity index (χ1n) is 9.06. The lowest BCUT2D eigenvalue weighted by molar-refractivity contribution is 0.414. The molecule has 0 aliphatic rings. The number of aromatic nitrogens is 3. The molecule has 0 unspecified atom stereocenters. The Labute approximate surface area is 184 Å². The number of methoxy groups -OCH3 is 1. The summed E-state index contributed by atoms with van der Waals surface area (Å²) in [6.45, 7) is 0. The van der Waals surface area contributed by atoms with E-state index in [1.807, 2.05) is 29.1 Å². The zero-order valence-corrected chi connectivity index (χ0v) is 17.8. The van der Waals surface area contributed by atoms with Gasteiger partial charge in [0.1, 0.15) is 11.5 Å². The summed E-state index contributed by atoms with van der Waals surface area (Å²) in [5.41, 5.74) is 0.369. The average Bonchev–Trinajstić information content (AvgIpc) is 3.30. The highest BCUT2D eigenvalue weighted by molar-refractivity contribution is 7.92. The molecule has 0 radical (unpaired) electrons. The molecule has 2 aromatic heterocycles. The number of sulfonamides is 1. The third-order valence-corrected chi connectivity index (χ3v) is 5.93. The smallest absolute Gasteiger partial charge is 0.261 e. The number of hydrogen-bond acceptors (Lipinski definition) is 6. The second kappa shape index (κ2) is 8.66. The number of hydrogen-bond donors (Lipinski definition) is 1. The second-order valence-corrected chi connectivity index (χ2v) is 8.44. The Morgan fingerprint density at radius 1 is 0.968 bits per heavy atom. The Balaban J connectivity index is 1.44. The van der Waals surface area contributed by atoms with Gasteiger partial charge in [-0.25, -0.2) is 8.42 Å². The Morgan fingerprint density at radius 2 is 1.71 bits per heavy atom. The number of benzene rings is 2. The Kier molecular flexibility index (Phi) is 5.79. The highest BCUT2D eigenvalue weighted by Crippen LogP contribution is 2.28. The molecular weight excluding hydrogens is 440 g/mol. The van der Waals surface area contributed by atoms with Crippen LogP contribution in [0.1, 0.15) is 0 Å². The van der Waals surface area contributed by atoms with Crippen molar-refractivity contribution in [1.29, 1.82) is 0 Å². The van der Waals surface area contributed by atoms with Crippen molar-refractivity contribution in [2.45, 2.75) is 4.90 Å². The molecule has 2 heterocycles. The van der Waals surface area contributed by atoms with Crippen LogP contribution >= 0.6 is 11.6 Å². The van der Waals surface area contributed by atoms with E-state index in [1.54, 1.807) is 36.4 Å². The molecule has 0 atom stereocenters. The topological polar surface area (TPSA) is 95.3 Å². The third-order valence-electron chi connectivity index (χ3n) is 4.26. The van der Waals surface area contributed by atoms with Gasteiger partial charge in [0, 0.05) is 24.1 Å². The summed E-state index contributed by atoms with van der Waals surface area (Å²) in [4.78, 5) is 0.0247. The number of halogens is 1. The van der Waals surface area contributed by atoms with E-state index in [9.17, 15) is 8.42 Å². The summed E-state index contributed by atoms with van der Waals surface area (Å²) in [6, 6.07) is 17.9. The van der Waals surface area contributed by atoms with Crippen LogP contribution in [0.5, 0.6) is 17.4 Å². The van der Waals surface area contributed by atoms with Gasteiger partial charge in [0.25, 0.3) is 10.0 Å². The van der Waals surface area contributed by atoms with Crippen molar-refractivity contribution in [1.82, 2.24) is 14.8 Å². The Hall–Kier alpha value is -3.56. The van der Waals surface area contributed by atoms with Crippen LogP contribution in [0.2, 0.25) is 5.02 Å². The fourth-order valence-corrected chi connectivity index (χ4v) is 4.14. The van der Waals surface area contributed by atoms with E-state index < -0.39 is 10.0 Å². The van der Waals surface area contributed by atoms with E-state index in [1.165, 1.54) is 25.3 Å². The highest BCUT2D eigenvalue weighted by Gasteiger charge is 2.16. The largest absolute Gasteiger partial charge is 0.495 e. The Morgan fingerprint density at radius 3 is 2.32 bits per heavy atom. The predicted octanol–water partition coefficient (Wildman–Crippen LogP) is 4.52. The van der Waals surface area contributed by atoms with Crippen molar-refractivity contribution in [2.75, 3.05) is 11.8 Å². The monoisotopic (exact) mass is 456 g/mol. The van der Waals surface area contributed by atoms with Gasteiger partial charge in [-0.1, -0.05) is 11.6 Å². The van der Waals surface area contributed by atoms with Gasteiger partial charge >= 0.3 is 0 Å². The maximum Gasteiger partial charge on any atom is 0.261 e. The fourth-order valence-electron chi connectivity index (χ4n) is 2.73. The molecule has 0 amide bonds. The SMILES string of the molecule is COc1ccc(S(=O)(=O)Nc2ccc(Oc3ccc(-n4cccc4)nn3)cc2)cc1Cl. The highest BCUT2D eigenvalue weighted by atomic mass is 35.5. The van der Waals surface area contributed by atoms with Gasteiger partial charge in [-0.3, -0.25) is 4.72 Å². The van der Waals surface area contributed by atoms with Crippen molar-refractivity contribution in [3.05, 3.63) is 84.1 Å². The van der Waals surface area contributed by atoms with Crippen molar-refractivity contribution in [3.8, 4) is 23.2 Å². The Bertz CT molecular complexity index is 1280. The second-order valence-electron chi connectivity index (χ2n) is 6.35. The number of nitrogens with one attached hydrogen (secondary N) is 1. The molecular formula is C21H17ClN4O4S. The van der Waals surface area contributed by atoms with Crippen LogP contribution < -0.4 is 14.2 Å². The van der Waals surface area contributed by atoms with Gasteiger partial charge < -0.3 is 14.0 Å². The number of nitrogens with zero attached hydrogens (tertiary/aromatic N) is 3. The molecule has 0 spiro atoms. The van der Waals surface area contributed by atoms with Crippen LogP contribution in [-0.2, 0) is 10.0 Å². The van der Waals surface area contributed by atoms with Gasteiger partial charge in [-0.2, -0.15) is 0 Å². The van der Waals surface area contributed by atoms with Gasteiger partial charge in [-0.15, -0.1) is 10.2 Å². The van der Waals surface area contributed by atoms with Gasteiger partial charge in [0.2, 0.25) is 5.88 Å². The van der Waals surface area contributed by atoms with Crippen LogP contribution in [0.4, 0.5) is 5.69 Å². The molecule has 0 aliphatic carbocycles. The molecule has 0 fully saturated rings. The lowest BCUT2D eigenvalue weighted by atomic mass is 10.3. The summed E-state index contributed by atoms with van der Waals surface area (Å²) in [5.74, 6) is 1.86. The molecule has 2 aromatic carbocycles. The molecule has 158 valence electrons. The standard InChI is InChI=1S/C21H17ClN4O4S/c1-29-19-9-8-17(14-18(19)22)31(27,28)25-15-4-6-16(7-5-15)30-21-11-10-20(23-24-21)26-12-2-3-13-26/h2-14,25H,1H3. The van der Waals surface area contributed by atoms with Crippen molar-refractivity contribution in [3.63, 3.8) is 0 Å². The van der Waals surface area contributed by atoms with Crippen LogP contribution in [0, 0.1) is 0 Å². The van der Waals surface area contributed by atoms with E-state index in [4.69, 9.17) is 21.1 Å². The molecule has 0 saturated heterocycles. The van der Waals surface area contributed by atoms with E-state index in [0.717, 1.165) is 0 Å². The van der Waals surface area contributed by atoms with Crippen molar-refractivity contribution >= 4 is 27.3 Å². The molecule has 4 aromatic rings. The van der Waals surface area contributed by atoms with Crippen LogP contribution in [-0.4, -0.2) is 30.3 Å². The third kappa shape index (κ3) is 4.79. The number of rotatable bonds is 7. The summed E-state index contributed by atoms with van der Waals surface area (Å²) >= 11 is 6.03. The zero-order valence-electron chi connectivity index (χ0n) is 16.3. The molecule has 10 heteroatoms. The van der Waals surface area contributed by atoms with Gasteiger partial charge in [-0.05, 0) is 60.7 Å². The fraction of sp³-hybridized carbons (Fsp3) is 0.0476. The van der Waals surface area contributed by atoms with Crippen LogP contribution in [0.15, 0.2) is 84.0 Å². The molecule has 4 rings (SSSR count). The molecule has 0 aliphatic heterocycles. The minimum Gasteiger partial charge on any atom is -0.495 e. The minimum atomic E-state index is -3.81. The summed E-state index contributed by atoms with van der Waals surface area (Å²) < 4.78 is 40.2. The maximum absolute atomic E-state index is 12.6. The molecule has 0 bridgehead atoms. The normalized spacial score (nSPS) is 11.2. The van der Waals surface area contributed by atoms with Crippen molar-refractivity contribution in [2.24, 2.45) is 0 Å². The zero-order chi connectivity index (χ0) is 21.8. The van der Waals surface area contributed by atoms with E-state index >= 15 is 0 Å². The molecule has 1 N–H and O–H groups in total. The quantitative estimate of drug-likeness (QED) is 0.439. The first-order chi connectivity index (χ1) is 14.9. The molecule has 31 heavy (non-hydrogen) atoms. The molecule has 0 saturated carbocycles. The van der Waals surface area contributed by atoms with E-state index in [2.05, 4.69) is 14.9 Å². The first-order valence-corrected chi connectivity index (χ1v) is 10.9. The molecule has 8 nitrogen and oxygen atoms in total. The lowest BCUT2D eigenvalue weighted by Crippen LogP contribution is -2.12. The van der Waals surface area contributed by atoms with E-state index in [-0.39, 0.29) is 9.92 Å². The van der Waals surface area contributed by atoms with Crippen molar-refractivity contribution < 1.29 is 17.9 Å². The number of ether oxygens (including phenoxy) is 2. The predicted molar refractivity (Wildman–Crippen MR) is 117 cm³/mol. The minimum absolute atomic E-state index is 0.0247. The maximum atomic E-state index is 12.6. The van der Waals surface area contributed by atoms with Gasteiger partial charge in [0.05, 0.1) is 17.0 Å². The summed E-state index contributed by atoms with van der Waals surface area (Å²) in [5, 5.41) is 8.37. The summed E-state index contributed by atoms with van der Waals surface area (Å²) in [7, 11) is -2.36. The van der Waals surface area contributed by atoms with Gasteiger partial charge in [0.15, 0.2) is 5.82 Å². The first kappa shape index (κ1) is 20.7. The average molecular weight is 457 g/mol.